The molecule has 0 atom stereocenters. The quantitative estimate of drug-likeness (QED) is 0.685. The molecular weight excluding hydrogens is 268 g/mol. The van der Waals surface area contributed by atoms with Gasteiger partial charge in [0.1, 0.15) is 0 Å². The van der Waals surface area contributed by atoms with Gasteiger partial charge in [0, 0.05) is 11.7 Å². The lowest BCUT2D eigenvalue weighted by molar-refractivity contribution is 0.0692. The van der Waals surface area contributed by atoms with Gasteiger partial charge in [-0.25, -0.2) is 17.9 Å². The van der Waals surface area contributed by atoms with Crippen molar-refractivity contribution in [1.29, 1.82) is 0 Å². The first-order valence-electron chi connectivity index (χ1n) is 5.97. The molecule has 0 radical (unpaired) electrons. The van der Waals surface area contributed by atoms with Crippen LogP contribution in [0.25, 0.3) is 0 Å². The third kappa shape index (κ3) is 3.68. The van der Waals surface area contributed by atoms with E-state index in [2.05, 4.69) is 4.72 Å². The highest BCUT2D eigenvalue weighted by molar-refractivity contribution is 7.89. The molecule has 19 heavy (non-hydrogen) atoms. The second-order valence-electron chi connectivity index (χ2n) is 4.20. The monoisotopic (exact) mass is 286 g/mol. The maximum atomic E-state index is 12.2. The number of sulfonamides is 1. The van der Waals surface area contributed by atoms with Crippen molar-refractivity contribution in [2.45, 2.75) is 37.6 Å². The highest BCUT2D eigenvalue weighted by Crippen LogP contribution is 2.20. The van der Waals surface area contributed by atoms with Crippen LogP contribution in [0.2, 0.25) is 0 Å². The van der Waals surface area contributed by atoms with E-state index in [9.17, 15) is 13.2 Å². The van der Waals surface area contributed by atoms with Gasteiger partial charge in [-0.1, -0.05) is 13.8 Å². The van der Waals surface area contributed by atoms with Gasteiger partial charge < -0.3 is 10.8 Å². The first-order chi connectivity index (χ1) is 8.81. The van der Waals surface area contributed by atoms with Crippen LogP contribution in [-0.4, -0.2) is 25.5 Å². The fourth-order valence-electron chi connectivity index (χ4n) is 1.68. The maximum Gasteiger partial charge on any atom is 0.337 e. The zero-order valence-corrected chi connectivity index (χ0v) is 11.7. The summed E-state index contributed by atoms with van der Waals surface area (Å²) < 4.78 is 26.9. The normalized spacial score (nSPS) is 11.7. The van der Waals surface area contributed by atoms with Gasteiger partial charge in [-0.2, -0.15) is 0 Å². The summed E-state index contributed by atoms with van der Waals surface area (Å²) in [5.41, 5.74) is 5.45. The molecule has 0 saturated carbocycles. The Bertz CT molecular complexity index is 565. The summed E-state index contributed by atoms with van der Waals surface area (Å²) in [6.45, 7) is 3.71. The highest BCUT2D eigenvalue weighted by atomic mass is 32.2. The molecule has 0 saturated heterocycles. The Kier molecular flexibility index (Phi) is 4.90. The smallest absolute Gasteiger partial charge is 0.337 e. The number of nitrogens with two attached hydrogens (primary N) is 1. The summed E-state index contributed by atoms with van der Waals surface area (Å²) in [6.07, 6.45) is 1.25. The standard InChI is InChI=1S/C12H18N2O4S/c1-3-9(4-2)14-19(17,18)11-7-8(13)5-6-10(11)12(15)16/h5-7,9,14H,3-4,13H2,1-2H3,(H,15,16). The van der Waals surface area contributed by atoms with Crippen LogP contribution < -0.4 is 10.5 Å². The van der Waals surface area contributed by atoms with E-state index in [4.69, 9.17) is 10.8 Å². The number of carboxylic acids is 1. The number of hydrogen-bond donors (Lipinski definition) is 3. The van der Waals surface area contributed by atoms with E-state index >= 15 is 0 Å². The lowest BCUT2D eigenvalue weighted by atomic mass is 10.2. The molecule has 0 heterocycles. The molecule has 0 aliphatic carbocycles. The Morgan fingerprint density at radius 2 is 1.95 bits per heavy atom. The molecule has 1 rings (SSSR count). The van der Waals surface area contributed by atoms with Crippen LogP contribution in [0.3, 0.4) is 0 Å². The van der Waals surface area contributed by atoms with Crippen LogP contribution in [0, 0.1) is 0 Å². The molecule has 4 N–H and O–H groups in total. The van der Waals surface area contributed by atoms with Crippen molar-refractivity contribution < 1.29 is 18.3 Å². The summed E-state index contributed by atoms with van der Waals surface area (Å²) >= 11 is 0. The van der Waals surface area contributed by atoms with E-state index in [-0.39, 0.29) is 22.2 Å². The minimum absolute atomic E-state index is 0.204. The number of anilines is 1. The van der Waals surface area contributed by atoms with E-state index in [0.717, 1.165) is 6.07 Å². The van der Waals surface area contributed by atoms with Crippen LogP contribution in [0.15, 0.2) is 23.1 Å². The number of carboxylic acid groups (broad SMARTS) is 1. The lowest BCUT2D eigenvalue weighted by Crippen LogP contribution is -2.34. The van der Waals surface area contributed by atoms with Crippen LogP contribution in [-0.2, 0) is 10.0 Å². The van der Waals surface area contributed by atoms with Gasteiger partial charge in [-0.15, -0.1) is 0 Å². The molecule has 0 aliphatic rings. The van der Waals surface area contributed by atoms with Crippen LogP contribution in [0.1, 0.15) is 37.0 Å². The van der Waals surface area contributed by atoms with E-state index in [1.807, 2.05) is 13.8 Å². The zero-order chi connectivity index (χ0) is 14.6. The molecule has 1 aromatic carbocycles. The number of carbonyl (C=O) groups is 1. The van der Waals surface area contributed by atoms with Gasteiger partial charge in [-0.05, 0) is 31.0 Å². The van der Waals surface area contributed by atoms with Gasteiger partial charge in [0.05, 0.1) is 10.5 Å². The van der Waals surface area contributed by atoms with Crippen molar-refractivity contribution >= 4 is 21.7 Å². The highest BCUT2D eigenvalue weighted by Gasteiger charge is 2.24. The number of rotatable bonds is 6. The molecule has 0 aromatic heterocycles. The molecule has 0 bridgehead atoms. The molecule has 0 aliphatic heterocycles. The average Bonchev–Trinajstić information content (AvgIpc) is 2.35. The van der Waals surface area contributed by atoms with E-state index < -0.39 is 16.0 Å². The van der Waals surface area contributed by atoms with Gasteiger partial charge in [0.25, 0.3) is 0 Å². The van der Waals surface area contributed by atoms with Crippen LogP contribution in [0.4, 0.5) is 5.69 Å². The topological polar surface area (TPSA) is 109 Å². The Labute approximate surface area is 112 Å². The third-order valence-corrected chi connectivity index (χ3v) is 4.39. The van der Waals surface area contributed by atoms with Crippen molar-refractivity contribution in [3.8, 4) is 0 Å². The second-order valence-corrected chi connectivity index (χ2v) is 5.88. The minimum Gasteiger partial charge on any atom is -0.478 e. The summed E-state index contributed by atoms with van der Waals surface area (Å²) in [4.78, 5) is 10.8. The fourth-order valence-corrected chi connectivity index (χ4v) is 3.31. The van der Waals surface area contributed by atoms with Gasteiger partial charge in [0.15, 0.2) is 0 Å². The van der Waals surface area contributed by atoms with Crippen molar-refractivity contribution in [1.82, 2.24) is 4.72 Å². The summed E-state index contributed by atoms with van der Waals surface area (Å²) in [5.74, 6) is -1.30. The van der Waals surface area contributed by atoms with Crippen molar-refractivity contribution in [2.75, 3.05) is 5.73 Å². The summed E-state index contributed by atoms with van der Waals surface area (Å²) in [7, 11) is -3.89. The summed E-state index contributed by atoms with van der Waals surface area (Å²) in [5, 5.41) is 9.04. The first-order valence-corrected chi connectivity index (χ1v) is 7.45. The predicted molar refractivity (Wildman–Crippen MR) is 72.5 cm³/mol. The Balaban J connectivity index is 3.27. The minimum atomic E-state index is -3.89. The number of nitrogens with one attached hydrogen (secondary N) is 1. The first kappa shape index (κ1) is 15.5. The molecular formula is C12H18N2O4S. The Hall–Kier alpha value is -1.60. The van der Waals surface area contributed by atoms with Crippen molar-refractivity contribution in [3.63, 3.8) is 0 Å². The summed E-state index contributed by atoms with van der Waals surface area (Å²) in [6, 6.07) is 3.49. The van der Waals surface area contributed by atoms with E-state index in [0.29, 0.717) is 12.8 Å². The van der Waals surface area contributed by atoms with Crippen LogP contribution in [0.5, 0.6) is 0 Å². The van der Waals surface area contributed by atoms with Crippen LogP contribution >= 0.6 is 0 Å². The molecule has 106 valence electrons. The van der Waals surface area contributed by atoms with Gasteiger partial charge in [0.2, 0.25) is 10.0 Å². The number of hydrogen-bond acceptors (Lipinski definition) is 4. The Morgan fingerprint density at radius 3 is 2.42 bits per heavy atom. The molecule has 1 aromatic rings. The predicted octanol–water partition coefficient (Wildman–Crippen LogP) is 1.43. The largest absolute Gasteiger partial charge is 0.478 e. The number of nitrogen functional groups attached to an aromatic ring is 1. The van der Waals surface area contributed by atoms with E-state index in [1.165, 1.54) is 12.1 Å². The van der Waals surface area contributed by atoms with Gasteiger partial charge in [-0.3, -0.25) is 0 Å². The number of benzene rings is 1. The molecule has 7 heteroatoms. The maximum absolute atomic E-state index is 12.2. The lowest BCUT2D eigenvalue weighted by Gasteiger charge is -2.16. The SMILES string of the molecule is CCC(CC)NS(=O)(=O)c1cc(N)ccc1C(=O)O. The second kappa shape index (κ2) is 6.03. The van der Waals surface area contributed by atoms with Crippen molar-refractivity contribution in [2.24, 2.45) is 0 Å². The molecule has 0 fully saturated rings. The van der Waals surface area contributed by atoms with Gasteiger partial charge >= 0.3 is 5.97 Å². The van der Waals surface area contributed by atoms with Crippen molar-refractivity contribution in [3.05, 3.63) is 23.8 Å². The molecule has 0 amide bonds. The Morgan fingerprint density at radius 1 is 1.37 bits per heavy atom. The average molecular weight is 286 g/mol. The zero-order valence-electron chi connectivity index (χ0n) is 10.9. The van der Waals surface area contributed by atoms with E-state index in [1.54, 1.807) is 0 Å². The molecule has 0 spiro atoms. The third-order valence-electron chi connectivity index (χ3n) is 2.83. The number of aromatic carboxylic acids is 1. The fraction of sp³-hybridized carbons (Fsp3) is 0.417. The molecule has 0 unspecified atom stereocenters. The molecule has 6 nitrogen and oxygen atoms in total.